The minimum absolute atomic E-state index is 0.0914. The van der Waals surface area contributed by atoms with Crippen molar-refractivity contribution < 1.29 is 63.1 Å². The summed E-state index contributed by atoms with van der Waals surface area (Å²) in [5.74, 6) is -1.13. The third-order valence-corrected chi connectivity index (χ3v) is 12.4. The van der Waals surface area contributed by atoms with Gasteiger partial charge in [-0.25, -0.2) is 4.57 Å². The minimum atomic E-state index is -5.13. The van der Waals surface area contributed by atoms with Gasteiger partial charge in [-0.05, 0) is 57.8 Å². The van der Waals surface area contributed by atoms with Crippen LogP contribution in [0.1, 0.15) is 200 Å². The third-order valence-electron chi connectivity index (χ3n) is 11.4. The van der Waals surface area contributed by atoms with Crippen LogP contribution < -0.4 is 0 Å². The molecule has 0 spiro atoms. The quantitative estimate of drug-likeness (QED) is 0.0146. The van der Waals surface area contributed by atoms with E-state index in [2.05, 4.69) is 62.5 Å². The SMILES string of the molecule is CCCCC/C=C\C/C=C\C/C=C\C/C=C\CCCCCC(=O)OC[C@H](COP(=O)(O)OC1C(O)C(O)C(O)[C@@H](O)C1O)OC(=O)CCCCCCCCCCCCCCCCCC. The van der Waals surface area contributed by atoms with E-state index in [4.69, 9.17) is 18.5 Å². The Morgan fingerprint density at radius 2 is 0.844 bits per heavy atom. The molecule has 6 unspecified atom stereocenters. The van der Waals surface area contributed by atoms with Crippen LogP contribution in [0.5, 0.6) is 0 Å². The summed E-state index contributed by atoms with van der Waals surface area (Å²) in [6, 6.07) is 0. The maximum Gasteiger partial charge on any atom is 0.472 e. The van der Waals surface area contributed by atoms with Gasteiger partial charge in [0.2, 0.25) is 0 Å². The highest BCUT2D eigenvalue weighted by molar-refractivity contribution is 7.47. The number of phosphoric acid groups is 1. The molecule has 14 heteroatoms. The molecule has 372 valence electrons. The smallest absolute Gasteiger partial charge is 0.462 e. The van der Waals surface area contributed by atoms with E-state index in [1.807, 2.05) is 0 Å². The summed E-state index contributed by atoms with van der Waals surface area (Å²) in [6.07, 6.45) is 34.4. The first-order valence-corrected chi connectivity index (χ1v) is 26.4. The van der Waals surface area contributed by atoms with Gasteiger partial charge in [0.25, 0.3) is 0 Å². The molecule has 0 aromatic heterocycles. The summed E-state index contributed by atoms with van der Waals surface area (Å²) in [4.78, 5) is 35.8. The third kappa shape index (κ3) is 31.7. The van der Waals surface area contributed by atoms with Crippen molar-refractivity contribution in [2.75, 3.05) is 13.2 Å². The van der Waals surface area contributed by atoms with Gasteiger partial charge in [0.05, 0.1) is 6.61 Å². The maximum absolute atomic E-state index is 12.8. The van der Waals surface area contributed by atoms with Crippen molar-refractivity contribution in [3.8, 4) is 0 Å². The number of esters is 2. The van der Waals surface area contributed by atoms with Gasteiger partial charge in [-0.3, -0.25) is 18.6 Å². The Morgan fingerprint density at radius 3 is 1.31 bits per heavy atom. The summed E-state index contributed by atoms with van der Waals surface area (Å²) >= 11 is 0. The van der Waals surface area contributed by atoms with Crippen LogP contribution in [0, 0.1) is 0 Å². The van der Waals surface area contributed by atoms with Crippen LogP contribution in [0.25, 0.3) is 0 Å². The topological polar surface area (TPSA) is 210 Å². The molecule has 0 radical (unpaired) electrons. The normalized spacial score (nSPS) is 21.9. The lowest BCUT2D eigenvalue weighted by Crippen LogP contribution is -2.64. The van der Waals surface area contributed by atoms with Gasteiger partial charge in [-0.1, -0.05) is 178 Å². The van der Waals surface area contributed by atoms with Gasteiger partial charge in [-0.2, -0.15) is 0 Å². The van der Waals surface area contributed by atoms with Crippen molar-refractivity contribution >= 4 is 19.8 Å². The fourth-order valence-corrected chi connectivity index (χ4v) is 8.36. The van der Waals surface area contributed by atoms with Crippen LogP contribution in [0.15, 0.2) is 48.6 Å². The number of allylic oxidation sites excluding steroid dienone is 8. The largest absolute Gasteiger partial charge is 0.472 e. The highest BCUT2D eigenvalue weighted by Gasteiger charge is 2.51. The predicted molar refractivity (Wildman–Crippen MR) is 253 cm³/mol. The van der Waals surface area contributed by atoms with E-state index < -0.39 is 75.7 Å². The molecule has 64 heavy (non-hydrogen) atoms. The van der Waals surface area contributed by atoms with Gasteiger partial charge in [0, 0.05) is 12.8 Å². The van der Waals surface area contributed by atoms with Gasteiger partial charge in [0.1, 0.15) is 43.2 Å². The molecule has 0 saturated heterocycles. The Morgan fingerprint density at radius 1 is 0.484 bits per heavy atom. The van der Waals surface area contributed by atoms with Crippen LogP contribution in [-0.2, 0) is 32.7 Å². The molecule has 1 rings (SSSR count). The molecule has 6 N–H and O–H groups in total. The molecule has 1 saturated carbocycles. The lowest BCUT2D eigenvalue weighted by atomic mass is 9.85. The van der Waals surface area contributed by atoms with Gasteiger partial charge >= 0.3 is 19.8 Å². The monoisotopic (exact) mass is 929 g/mol. The lowest BCUT2D eigenvalue weighted by molar-refractivity contribution is -0.220. The van der Waals surface area contributed by atoms with Crippen LogP contribution in [-0.4, -0.2) is 98.3 Å². The van der Waals surface area contributed by atoms with Crippen LogP contribution in [0.4, 0.5) is 0 Å². The fraction of sp³-hybridized carbons (Fsp3) is 0.800. The van der Waals surface area contributed by atoms with Crippen molar-refractivity contribution in [1.82, 2.24) is 0 Å². The number of aliphatic hydroxyl groups is 5. The van der Waals surface area contributed by atoms with Crippen molar-refractivity contribution in [2.24, 2.45) is 0 Å². The first-order valence-electron chi connectivity index (χ1n) is 24.9. The summed E-state index contributed by atoms with van der Waals surface area (Å²) in [5.41, 5.74) is 0. The van der Waals surface area contributed by atoms with E-state index in [1.165, 1.54) is 89.9 Å². The first-order chi connectivity index (χ1) is 30.9. The zero-order chi connectivity index (χ0) is 47.1. The second-order valence-corrected chi connectivity index (χ2v) is 18.7. The number of rotatable bonds is 41. The predicted octanol–water partition coefficient (Wildman–Crippen LogP) is 10.3. The standard InChI is InChI=1S/C50H89O13P/c1-3-5-7-9-11-13-15-17-19-21-22-23-25-26-28-30-32-34-36-38-43(51)60-40-42(41-61-64(58,59)63-50-48(56)46(54)45(53)47(55)49(50)57)62-44(52)39-37-35-33-31-29-27-24-20-18-16-14-12-10-8-6-4-2/h11,13,17,19,22-23,26,28,42,45-50,53-57H,3-10,12,14-16,18,20-21,24-25,27,29-41H2,1-2H3,(H,58,59)/b13-11-,19-17-,23-22-,28-26-/t42-,45?,46-,47?,48?,49?,50?/m1/s1. The molecule has 0 aromatic carbocycles. The summed E-state index contributed by atoms with van der Waals surface area (Å²) < 4.78 is 33.6. The first kappa shape index (κ1) is 59.8. The highest BCUT2D eigenvalue weighted by atomic mass is 31.2. The average Bonchev–Trinajstić information content (AvgIpc) is 3.28. The van der Waals surface area contributed by atoms with Gasteiger partial charge < -0.3 is 39.9 Å². The fourth-order valence-electron chi connectivity index (χ4n) is 7.39. The summed E-state index contributed by atoms with van der Waals surface area (Å²) in [7, 11) is -5.13. The van der Waals surface area contributed by atoms with E-state index in [1.54, 1.807) is 0 Å². The number of unbranched alkanes of at least 4 members (excludes halogenated alkanes) is 21. The number of hydrogen-bond donors (Lipinski definition) is 6. The Bertz CT molecular complexity index is 1300. The molecule has 8 atom stereocenters. The van der Waals surface area contributed by atoms with Crippen molar-refractivity contribution in [3.05, 3.63) is 48.6 Å². The highest BCUT2D eigenvalue weighted by Crippen LogP contribution is 2.47. The molecule has 1 aliphatic carbocycles. The van der Waals surface area contributed by atoms with E-state index in [-0.39, 0.29) is 12.8 Å². The van der Waals surface area contributed by atoms with E-state index in [0.717, 1.165) is 70.6 Å². The van der Waals surface area contributed by atoms with Gasteiger partial charge in [0.15, 0.2) is 6.10 Å². The summed E-state index contributed by atoms with van der Waals surface area (Å²) in [5, 5.41) is 50.2. The minimum Gasteiger partial charge on any atom is -0.462 e. The lowest BCUT2D eigenvalue weighted by Gasteiger charge is -2.41. The molecule has 0 aromatic rings. The Kier molecular flexibility index (Phi) is 37.3. The second-order valence-electron chi connectivity index (χ2n) is 17.3. The molecule has 0 amide bonds. The Labute approximate surface area is 386 Å². The molecular weight excluding hydrogens is 840 g/mol. The second kappa shape index (κ2) is 39.9. The maximum atomic E-state index is 12.8. The molecule has 0 bridgehead atoms. The van der Waals surface area contributed by atoms with E-state index in [9.17, 15) is 44.6 Å². The number of carbonyl (C=O) groups excluding carboxylic acids is 2. The van der Waals surface area contributed by atoms with Crippen molar-refractivity contribution in [3.63, 3.8) is 0 Å². The molecule has 1 aliphatic rings. The zero-order valence-electron chi connectivity index (χ0n) is 39.6. The van der Waals surface area contributed by atoms with Gasteiger partial charge in [-0.15, -0.1) is 0 Å². The van der Waals surface area contributed by atoms with Crippen LogP contribution in [0.3, 0.4) is 0 Å². The molecule has 1 fully saturated rings. The average molecular weight is 929 g/mol. The van der Waals surface area contributed by atoms with E-state index >= 15 is 0 Å². The Balaban J connectivity index is 2.45. The van der Waals surface area contributed by atoms with Crippen LogP contribution >= 0.6 is 7.82 Å². The number of hydrogen-bond acceptors (Lipinski definition) is 12. The number of carbonyl (C=O) groups is 2. The molecule has 13 nitrogen and oxygen atoms in total. The number of phosphoric ester groups is 1. The number of ether oxygens (including phenoxy) is 2. The molecular formula is C50H89O13P. The molecule has 0 aliphatic heterocycles. The van der Waals surface area contributed by atoms with Crippen molar-refractivity contribution in [2.45, 2.75) is 243 Å². The number of aliphatic hydroxyl groups excluding tert-OH is 5. The Hall–Kier alpha value is -2.19. The van der Waals surface area contributed by atoms with Crippen molar-refractivity contribution in [1.29, 1.82) is 0 Å². The molecule has 0 heterocycles. The zero-order valence-corrected chi connectivity index (χ0v) is 40.5. The van der Waals surface area contributed by atoms with Crippen LogP contribution in [0.2, 0.25) is 0 Å². The summed E-state index contributed by atoms with van der Waals surface area (Å²) in [6.45, 7) is 3.26. The van der Waals surface area contributed by atoms with E-state index in [0.29, 0.717) is 12.8 Å².